The highest BCUT2D eigenvalue weighted by molar-refractivity contribution is 6.00. The van der Waals surface area contributed by atoms with Crippen LogP contribution in [0, 0.1) is 0 Å². The quantitative estimate of drug-likeness (QED) is 0.722. The normalized spacial score (nSPS) is 16.1. The number of para-hydroxylation sites is 1. The van der Waals surface area contributed by atoms with Gasteiger partial charge in [0.25, 0.3) is 5.91 Å². The smallest absolute Gasteiger partial charge is 0.257 e. The Morgan fingerprint density at radius 1 is 1.10 bits per heavy atom. The van der Waals surface area contributed by atoms with E-state index in [9.17, 15) is 4.79 Å². The van der Waals surface area contributed by atoms with Gasteiger partial charge in [-0.15, -0.1) is 0 Å². The lowest BCUT2D eigenvalue weighted by molar-refractivity contribution is 0.0791. The van der Waals surface area contributed by atoms with Crippen LogP contribution in [0.25, 0.3) is 16.9 Å². The van der Waals surface area contributed by atoms with E-state index < -0.39 is 0 Å². The van der Waals surface area contributed by atoms with Crippen LogP contribution in [0.3, 0.4) is 0 Å². The lowest BCUT2D eigenvalue weighted by atomic mass is 10.1. The number of nitrogens with zero attached hydrogens (tertiary/aromatic N) is 3. The van der Waals surface area contributed by atoms with Gasteiger partial charge in [0, 0.05) is 30.9 Å². The SMILES string of the molecule is COc1ccc(-c2nn(-c3ccccc3)cc2C(=O)N2CCC(N)C2)cc1OC. The standard InChI is InChI=1S/C22H24N4O3/c1-28-19-9-8-15(12-20(19)29-2)21-18(22(27)25-11-10-16(23)13-25)14-26(24-21)17-6-4-3-5-7-17/h3-9,12,14,16H,10-11,13,23H2,1-2H3. The van der Waals surface area contributed by atoms with Gasteiger partial charge in [-0.25, -0.2) is 4.68 Å². The van der Waals surface area contributed by atoms with Gasteiger partial charge in [0.2, 0.25) is 0 Å². The molecule has 1 amide bonds. The Hall–Kier alpha value is -3.32. The van der Waals surface area contributed by atoms with Gasteiger partial charge in [0.05, 0.1) is 25.5 Å². The number of carbonyl (C=O) groups is 1. The van der Waals surface area contributed by atoms with Gasteiger partial charge in [-0.3, -0.25) is 4.79 Å². The first-order valence-electron chi connectivity index (χ1n) is 9.53. The number of ether oxygens (including phenoxy) is 2. The maximum absolute atomic E-state index is 13.3. The van der Waals surface area contributed by atoms with Crippen molar-refractivity contribution in [2.24, 2.45) is 5.73 Å². The number of rotatable bonds is 5. The van der Waals surface area contributed by atoms with Crippen LogP contribution in [0.4, 0.5) is 0 Å². The number of nitrogens with two attached hydrogens (primary N) is 1. The summed E-state index contributed by atoms with van der Waals surface area (Å²) in [5, 5.41) is 4.73. The van der Waals surface area contributed by atoms with Gasteiger partial charge in [0.15, 0.2) is 11.5 Å². The molecular weight excluding hydrogens is 368 g/mol. The van der Waals surface area contributed by atoms with Crippen LogP contribution in [0.2, 0.25) is 0 Å². The summed E-state index contributed by atoms with van der Waals surface area (Å²) in [6.45, 7) is 1.21. The Labute approximate surface area is 169 Å². The van der Waals surface area contributed by atoms with Crippen molar-refractivity contribution >= 4 is 5.91 Å². The first kappa shape index (κ1) is 19.0. The minimum atomic E-state index is -0.0649. The number of aromatic nitrogens is 2. The third-order valence-corrected chi connectivity index (χ3v) is 5.13. The maximum Gasteiger partial charge on any atom is 0.257 e. The van der Waals surface area contributed by atoms with Crippen molar-refractivity contribution in [1.82, 2.24) is 14.7 Å². The van der Waals surface area contributed by atoms with Crippen molar-refractivity contribution in [3.63, 3.8) is 0 Å². The molecular formula is C22H24N4O3. The van der Waals surface area contributed by atoms with Gasteiger partial charge in [-0.2, -0.15) is 5.10 Å². The van der Waals surface area contributed by atoms with Crippen LogP contribution in [0.1, 0.15) is 16.8 Å². The topological polar surface area (TPSA) is 82.6 Å². The van der Waals surface area contributed by atoms with Crippen LogP contribution in [-0.2, 0) is 0 Å². The maximum atomic E-state index is 13.3. The predicted molar refractivity (Wildman–Crippen MR) is 111 cm³/mol. The highest BCUT2D eigenvalue weighted by Crippen LogP contribution is 2.34. The summed E-state index contributed by atoms with van der Waals surface area (Å²) in [5.74, 6) is 1.14. The zero-order chi connectivity index (χ0) is 20.4. The highest BCUT2D eigenvalue weighted by atomic mass is 16.5. The van der Waals surface area contributed by atoms with E-state index in [4.69, 9.17) is 20.3 Å². The first-order valence-corrected chi connectivity index (χ1v) is 9.53. The van der Waals surface area contributed by atoms with E-state index in [-0.39, 0.29) is 11.9 Å². The number of hydrogen-bond donors (Lipinski definition) is 1. The predicted octanol–water partition coefficient (Wildman–Crippen LogP) is 2.73. The molecule has 7 heteroatoms. The van der Waals surface area contributed by atoms with E-state index in [1.54, 1.807) is 30.0 Å². The number of carbonyl (C=O) groups excluding carboxylic acids is 1. The number of methoxy groups -OCH3 is 2. The van der Waals surface area contributed by atoms with Crippen molar-refractivity contribution < 1.29 is 14.3 Å². The third-order valence-electron chi connectivity index (χ3n) is 5.13. The molecule has 0 saturated carbocycles. The van der Waals surface area contributed by atoms with Crippen LogP contribution in [0.5, 0.6) is 11.5 Å². The number of benzene rings is 2. The van der Waals surface area contributed by atoms with E-state index in [1.807, 2.05) is 48.5 Å². The van der Waals surface area contributed by atoms with E-state index in [1.165, 1.54) is 0 Å². The molecule has 0 bridgehead atoms. The zero-order valence-electron chi connectivity index (χ0n) is 16.5. The van der Waals surface area contributed by atoms with Gasteiger partial charge < -0.3 is 20.1 Å². The molecule has 1 fully saturated rings. The Balaban J connectivity index is 1.81. The van der Waals surface area contributed by atoms with Gasteiger partial charge >= 0.3 is 0 Å². The van der Waals surface area contributed by atoms with Gasteiger partial charge in [0.1, 0.15) is 5.69 Å². The van der Waals surface area contributed by atoms with Crippen LogP contribution in [-0.4, -0.2) is 53.9 Å². The number of likely N-dealkylation sites (tertiary alicyclic amines) is 1. The first-order chi connectivity index (χ1) is 14.1. The fourth-order valence-corrected chi connectivity index (χ4v) is 3.58. The summed E-state index contributed by atoms with van der Waals surface area (Å²) in [4.78, 5) is 15.1. The molecule has 2 heterocycles. The monoisotopic (exact) mass is 392 g/mol. The average Bonchev–Trinajstić information content (AvgIpc) is 3.40. The number of amides is 1. The molecule has 0 spiro atoms. The molecule has 1 atom stereocenters. The van der Waals surface area contributed by atoms with Crippen LogP contribution >= 0.6 is 0 Å². The zero-order valence-corrected chi connectivity index (χ0v) is 16.5. The molecule has 3 aromatic rings. The molecule has 2 N–H and O–H groups in total. The van der Waals surface area contributed by atoms with Crippen LogP contribution < -0.4 is 15.2 Å². The van der Waals surface area contributed by atoms with Crippen molar-refractivity contribution in [2.45, 2.75) is 12.5 Å². The summed E-state index contributed by atoms with van der Waals surface area (Å²) in [7, 11) is 3.18. The fraction of sp³-hybridized carbons (Fsp3) is 0.273. The molecule has 2 aromatic carbocycles. The summed E-state index contributed by atoms with van der Waals surface area (Å²) in [6.07, 6.45) is 2.60. The molecule has 4 rings (SSSR count). The summed E-state index contributed by atoms with van der Waals surface area (Å²) < 4.78 is 12.5. The molecule has 0 aliphatic carbocycles. The minimum absolute atomic E-state index is 0.0210. The Morgan fingerprint density at radius 3 is 2.52 bits per heavy atom. The Morgan fingerprint density at radius 2 is 1.86 bits per heavy atom. The Kier molecular flexibility index (Phi) is 5.22. The van der Waals surface area contributed by atoms with E-state index in [2.05, 4.69) is 0 Å². The number of hydrogen-bond acceptors (Lipinski definition) is 5. The molecule has 0 radical (unpaired) electrons. The fourth-order valence-electron chi connectivity index (χ4n) is 3.58. The largest absolute Gasteiger partial charge is 0.493 e. The molecule has 1 unspecified atom stereocenters. The van der Waals surface area contributed by atoms with Crippen LogP contribution in [0.15, 0.2) is 54.7 Å². The minimum Gasteiger partial charge on any atom is -0.493 e. The summed E-state index contributed by atoms with van der Waals surface area (Å²) in [5.41, 5.74) is 8.81. The second kappa shape index (κ2) is 7.97. The lowest BCUT2D eigenvalue weighted by Crippen LogP contribution is -2.32. The molecule has 1 aromatic heterocycles. The molecule has 7 nitrogen and oxygen atoms in total. The van der Waals surface area contributed by atoms with Gasteiger partial charge in [-0.1, -0.05) is 18.2 Å². The van der Waals surface area contributed by atoms with Crippen molar-refractivity contribution in [1.29, 1.82) is 0 Å². The second-order valence-corrected chi connectivity index (χ2v) is 7.04. The van der Waals surface area contributed by atoms with E-state index in [0.29, 0.717) is 35.8 Å². The van der Waals surface area contributed by atoms with E-state index in [0.717, 1.165) is 17.7 Å². The average molecular weight is 392 g/mol. The van der Waals surface area contributed by atoms with E-state index >= 15 is 0 Å². The highest BCUT2D eigenvalue weighted by Gasteiger charge is 2.28. The Bertz CT molecular complexity index is 1020. The van der Waals surface area contributed by atoms with Crippen molar-refractivity contribution in [2.75, 3.05) is 27.3 Å². The molecule has 1 aliphatic rings. The second-order valence-electron chi connectivity index (χ2n) is 7.04. The van der Waals surface area contributed by atoms with Gasteiger partial charge in [-0.05, 0) is 36.8 Å². The molecule has 1 aliphatic heterocycles. The molecule has 1 saturated heterocycles. The molecule has 150 valence electrons. The van der Waals surface area contributed by atoms with Crippen molar-refractivity contribution in [3.8, 4) is 28.4 Å². The summed E-state index contributed by atoms with van der Waals surface area (Å²) in [6, 6.07) is 15.3. The van der Waals surface area contributed by atoms with Crippen molar-refractivity contribution in [3.05, 3.63) is 60.3 Å². The third kappa shape index (κ3) is 3.69. The lowest BCUT2D eigenvalue weighted by Gasteiger charge is -2.15. The molecule has 29 heavy (non-hydrogen) atoms. The summed E-state index contributed by atoms with van der Waals surface area (Å²) >= 11 is 0.